The van der Waals surface area contributed by atoms with Crippen molar-refractivity contribution < 1.29 is 9.53 Å². The van der Waals surface area contributed by atoms with E-state index < -0.39 is 0 Å². The van der Waals surface area contributed by atoms with Gasteiger partial charge in [0, 0.05) is 5.41 Å². The Bertz CT molecular complexity index is 341. The Kier molecular flexibility index (Phi) is 3.91. The molecule has 82 valence electrons. The summed E-state index contributed by atoms with van der Waals surface area (Å²) in [6.45, 7) is 3.85. The summed E-state index contributed by atoms with van der Waals surface area (Å²) in [5, 5.41) is 0. The number of carbonyl (C=O) groups excluding carboxylic acids is 1. The molecule has 0 heterocycles. The summed E-state index contributed by atoms with van der Waals surface area (Å²) < 4.78 is 5.10. The van der Waals surface area contributed by atoms with Crippen molar-refractivity contribution in [2.24, 2.45) is 5.41 Å². The second-order valence-corrected chi connectivity index (χ2v) is 4.90. The van der Waals surface area contributed by atoms with Gasteiger partial charge in [0.05, 0.1) is 7.11 Å². The molecule has 0 unspecified atom stereocenters. The molecular formula is C12H15BrO2. The summed E-state index contributed by atoms with van der Waals surface area (Å²) >= 11 is 3.02. The summed E-state index contributed by atoms with van der Waals surface area (Å²) in [6.07, 6.45) is 0.723. The van der Waals surface area contributed by atoms with Crippen LogP contribution < -0.4 is 4.74 Å². The van der Waals surface area contributed by atoms with Gasteiger partial charge in [-0.25, -0.2) is 0 Å². The third-order valence-electron chi connectivity index (χ3n) is 2.34. The van der Waals surface area contributed by atoms with Gasteiger partial charge in [0.15, 0.2) is 0 Å². The quantitative estimate of drug-likeness (QED) is 0.786. The Hall–Kier alpha value is -0.830. The van der Waals surface area contributed by atoms with E-state index in [9.17, 15) is 4.79 Å². The van der Waals surface area contributed by atoms with Crippen LogP contribution in [0.25, 0.3) is 0 Å². The molecule has 1 aromatic rings. The van der Waals surface area contributed by atoms with Crippen LogP contribution in [0, 0.1) is 5.41 Å². The van der Waals surface area contributed by atoms with Gasteiger partial charge in [-0.2, -0.15) is 0 Å². The van der Waals surface area contributed by atoms with Crippen molar-refractivity contribution in [1.82, 2.24) is 0 Å². The highest BCUT2D eigenvalue weighted by Gasteiger charge is 2.25. The van der Waals surface area contributed by atoms with E-state index in [-0.39, 0.29) is 10.1 Å². The van der Waals surface area contributed by atoms with Gasteiger partial charge in [0.1, 0.15) is 5.75 Å². The zero-order chi connectivity index (χ0) is 11.5. The summed E-state index contributed by atoms with van der Waals surface area (Å²) in [6, 6.07) is 7.78. The summed E-state index contributed by atoms with van der Waals surface area (Å²) in [5.41, 5.74) is 0.766. The molecule has 0 amide bonds. The molecule has 3 heteroatoms. The van der Waals surface area contributed by atoms with Crippen LogP contribution in [0.3, 0.4) is 0 Å². The third-order valence-corrected chi connectivity index (χ3v) is 3.41. The van der Waals surface area contributed by atoms with E-state index >= 15 is 0 Å². The molecule has 0 fully saturated rings. The fourth-order valence-electron chi connectivity index (χ4n) is 1.32. The first-order valence-corrected chi connectivity index (χ1v) is 5.58. The Morgan fingerprint density at radius 3 is 2.27 bits per heavy atom. The van der Waals surface area contributed by atoms with E-state index in [4.69, 9.17) is 4.74 Å². The average molecular weight is 271 g/mol. The van der Waals surface area contributed by atoms with Crippen molar-refractivity contribution in [2.75, 3.05) is 7.11 Å². The second kappa shape index (κ2) is 4.79. The molecule has 0 spiro atoms. The number of rotatable bonds is 4. The highest BCUT2D eigenvalue weighted by molar-refractivity contribution is 9.18. The van der Waals surface area contributed by atoms with E-state index in [1.165, 1.54) is 0 Å². The van der Waals surface area contributed by atoms with Gasteiger partial charge >= 0.3 is 0 Å². The van der Waals surface area contributed by atoms with Gasteiger partial charge in [0.25, 0.3) is 0 Å². The first kappa shape index (κ1) is 12.2. The molecule has 0 aliphatic heterocycles. The first-order valence-electron chi connectivity index (χ1n) is 4.78. The van der Waals surface area contributed by atoms with Crippen LogP contribution in [0.1, 0.15) is 19.4 Å². The van der Waals surface area contributed by atoms with Gasteiger partial charge in [0.2, 0.25) is 4.69 Å². The molecule has 0 aliphatic carbocycles. The molecule has 0 radical (unpaired) electrons. The number of benzene rings is 1. The van der Waals surface area contributed by atoms with Crippen molar-refractivity contribution >= 4 is 20.6 Å². The molecule has 1 rings (SSSR count). The number of hydrogen-bond acceptors (Lipinski definition) is 2. The lowest BCUT2D eigenvalue weighted by Gasteiger charge is -2.19. The second-order valence-electron chi connectivity index (χ2n) is 4.18. The molecule has 0 saturated carbocycles. The molecule has 15 heavy (non-hydrogen) atoms. The van der Waals surface area contributed by atoms with Crippen LogP contribution in [-0.4, -0.2) is 11.8 Å². The number of hydrogen-bond donors (Lipinski definition) is 0. The van der Waals surface area contributed by atoms with E-state index in [2.05, 4.69) is 15.9 Å². The largest absolute Gasteiger partial charge is 0.497 e. The lowest BCUT2D eigenvalue weighted by Crippen LogP contribution is -2.21. The summed E-state index contributed by atoms with van der Waals surface area (Å²) in [7, 11) is 1.64. The van der Waals surface area contributed by atoms with E-state index in [1.807, 2.05) is 38.1 Å². The molecule has 0 aromatic heterocycles. The van der Waals surface area contributed by atoms with Crippen molar-refractivity contribution in [3.63, 3.8) is 0 Å². The SMILES string of the molecule is COc1ccc(CC(C)(C)C(=O)Br)cc1. The molecule has 2 nitrogen and oxygen atoms in total. The van der Waals surface area contributed by atoms with Crippen LogP contribution in [0.4, 0.5) is 0 Å². The van der Waals surface area contributed by atoms with Crippen LogP contribution >= 0.6 is 15.9 Å². The predicted molar refractivity (Wildman–Crippen MR) is 64.4 cm³/mol. The summed E-state index contributed by atoms with van der Waals surface area (Å²) in [5.74, 6) is 0.835. The van der Waals surface area contributed by atoms with E-state index in [0.717, 1.165) is 17.7 Å². The Morgan fingerprint density at radius 1 is 1.33 bits per heavy atom. The van der Waals surface area contributed by atoms with Crippen LogP contribution in [0.2, 0.25) is 0 Å². The van der Waals surface area contributed by atoms with Crippen molar-refractivity contribution in [3.8, 4) is 5.75 Å². The minimum Gasteiger partial charge on any atom is -0.497 e. The molecule has 0 aliphatic rings. The van der Waals surface area contributed by atoms with Crippen molar-refractivity contribution in [3.05, 3.63) is 29.8 Å². The van der Waals surface area contributed by atoms with Gasteiger partial charge in [-0.05, 0) is 40.0 Å². The fourth-order valence-corrected chi connectivity index (χ4v) is 1.46. The molecule has 0 bridgehead atoms. The Balaban J connectivity index is 2.77. The van der Waals surface area contributed by atoms with Gasteiger partial charge in [-0.15, -0.1) is 0 Å². The van der Waals surface area contributed by atoms with Gasteiger partial charge in [-0.1, -0.05) is 26.0 Å². The van der Waals surface area contributed by atoms with E-state index in [1.54, 1.807) is 7.11 Å². The molecule has 1 aromatic carbocycles. The van der Waals surface area contributed by atoms with Crippen molar-refractivity contribution in [1.29, 1.82) is 0 Å². The maximum Gasteiger partial charge on any atom is 0.203 e. The number of carbonyl (C=O) groups is 1. The van der Waals surface area contributed by atoms with Crippen LogP contribution in [-0.2, 0) is 11.2 Å². The monoisotopic (exact) mass is 270 g/mol. The maximum absolute atomic E-state index is 11.3. The lowest BCUT2D eigenvalue weighted by atomic mass is 9.87. The van der Waals surface area contributed by atoms with Gasteiger partial charge in [-0.3, -0.25) is 4.79 Å². The normalized spacial score (nSPS) is 11.2. The standard InChI is InChI=1S/C12H15BrO2/c1-12(2,11(13)14)8-9-4-6-10(15-3)7-5-9/h4-7H,8H2,1-3H3. The first-order chi connectivity index (χ1) is 6.95. The molecule has 0 saturated heterocycles. The van der Waals surface area contributed by atoms with Crippen molar-refractivity contribution in [2.45, 2.75) is 20.3 Å². The minimum absolute atomic E-state index is 0.0332. The molecular weight excluding hydrogens is 256 g/mol. The highest BCUT2D eigenvalue weighted by Crippen LogP contribution is 2.26. The van der Waals surface area contributed by atoms with Gasteiger partial charge < -0.3 is 4.74 Å². The number of halogens is 1. The zero-order valence-electron chi connectivity index (χ0n) is 9.21. The zero-order valence-corrected chi connectivity index (χ0v) is 10.8. The number of ether oxygens (including phenoxy) is 1. The van der Waals surface area contributed by atoms with E-state index in [0.29, 0.717) is 0 Å². The van der Waals surface area contributed by atoms with Crippen LogP contribution in [0.5, 0.6) is 5.75 Å². The topological polar surface area (TPSA) is 26.3 Å². The molecule has 0 atom stereocenters. The predicted octanol–water partition coefficient (Wildman–Crippen LogP) is 3.19. The van der Waals surface area contributed by atoms with Crippen LogP contribution in [0.15, 0.2) is 24.3 Å². The highest BCUT2D eigenvalue weighted by atomic mass is 79.9. The lowest BCUT2D eigenvalue weighted by molar-refractivity contribution is -0.117. The summed E-state index contributed by atoms with van der Waals surface area (Å²) in [4.78, 5) is 11.3. The molecule has 0 N–H and O–H groups in total. The Labute approximate surface area is 98.8 Å². The fraction of sp³-hybridized carbons (Fsp3) is 0.417. The smallest absolute Gasteiger partial charge is 0.203 e. The average Bonchev–Trinajstić information content (AvgIpc) is 2.18. The minimum atomic E-state index is -0.366. The maximum atomic E-state index is 11.3. The number of methoxy groups -OCH3 is 1. The third kappa shape index (κ3) is 3.34. The Morgan fingerprint density at radius 2 is 1.87 bits per heavy atom.